The molecule has 0 aliphatic heterocycles. The third kappa shape index (κ3) is 5.14. The third-order valence-corrected chi connectivity index (χ3v) is 3.64. The molecule has 26 heavy (non-hydrogen) atoms. The zero-order chi connectivity index (χ0) is 19.2. The Morgan fingerprint density at radius 1 is 1.31 bits per heavy atom. The van der Waals surface area contributed by atoms with Crippen molar-refractivity contribution in [2.24, 2.45) is 0 Å². The van der Waals surface area contributed by atoms with E-state index >= 15 is 0 Å². The second-order valence-electron chi connectivity index (χ2n) is 6.22. The molecule has 8 heteroatoms. The van der Waals surface area contributed by atoms with Gasteiger partial charge in [-0.15, -0.1) is 0 Å². The summed E-state index contributed by atoms with van der Waals surface area (Å²) in [6.07, 6.45) is 1.17. The Morgan fingerprint density at radius 2 is 2.08 bits per heavy atom. The summed E-state index contributed by atoms with van der Waals surface area (Å²) >= 11 is 0. The molecule has 0 saturated carbocycles. The zero-order valence-electron chi connectivity index (χ0n) is 15.3. The molecule has 2 heterocycles. The maximum atomic E-state index is 10.5. The molecule has 0 radical (unpaired) electrons. The lowest BCUT2D eigenvalue weighted by atomic mass is 9.94. The van der Waals surface area contributed by atoms with Crippen LogP contribution in [0.25, 0.3) is 0 Å². The summed E-state index contributed by atoms with van der Waals surface area (Å²) in [5, 5.41) is 24.6. The zero-order valence-corrected chi connectivity index (χ0v) is 15.3. The van der Waals surface area contributed by atoms with E-state index in [9.17, 15) is 5.11 Å². The minimum absolute atomic E-state index is 0.375. The molecule has 2 aromatic heterocycles. The molecule has 0 atom stereocenters. The van der Waals surface area contributed by atoms with E-state index in [0.717, 1.165) is 0 Å². The van der Waals surface area contributed by atoms with Crippen LogP contribution in [0.1, 0.15) is 31.9 Å². The van der Waals surface area contributed by atoms with E-state index in [4.69, 9.17) is 15.9 Å². The third-order valence-electron chi connectivity index (χ3n) is 3.64. The maximum absolute atomic E-state index is 10.5. The number of hydrogen-bond acceptors (Lipinski definition) is 8. The Morgan fingerprint density at radius 3 is 2.69 bits per heavy atom. The highest BCUT2D eigenvalue weighted by atomic mass is 16.5. The van der Waals surface area contributed by atoms with Gasteiger partial charge in [0.2, 0.25) is 0 Å². The average molecular weight is 358 g/mol. The number of nitrogen functional groups attached to an aromatic ring is 1. The molecule has 0 spiro atoms. The predicted molar refractivity (Wildman–Crippen MR) is 104 cm³/mol. The number of pyridine rings is 2. The largest absolute Gasteiger partial charge is 0.386 e. The van der Waals surface area contributed by atoms with Crippen LogP contribution >= 0.6 is 0 Å². The molecule has 0 bridgehead atoms. The fourth-order valence-electron chi connectivity index (χ4n) is 2.43. The van der Waals surface area contributed by atoms with Crippen molar-refractivity contribution < 1.29 is 9.84 Å². The number of aromatic nitrogens is 2. The van der Waals surface area contributed by atoms with Gasteiger partial charge in [0.05, 0.1) is 12.2 Å². The van der Waals surface area contributed by atoms with Crippen LogP contribution < -0.4 is 16.4 Å². The monoisotopic (exact) mass is 358 g/mol. The van der Waals surface area contributed by atoms with Crippen molar-refractivity contribution in [3.63, 3.8) is 0 Å². The summed E-state index contributed by atoms with van der Waals surface area (Å²) in [7, 11) is 0. The van der Waals surface area contributed by atoms with E-state index in [1.165, 1.54) is 6.21 Å². The van der Waals surface area contributed by atoms with Crippen LogP contribution in [0.2, 0.25) is 0 Å². The van der Waals surface area contributed by atoms with Gasteiger partial charge in [0.15, 0.2) is 0 Å². The van der Waals surface area contributed by atoms with Crippen LogP contribution in [0.4, 0.5) is 23.3 Å². The van der Waals surface area contributed by atoms with Crippen LogP contribution in [0.5, 0.6) is 0 Å². The van der Waals surface area contributed by atoms with Gasteiger partial charge in [0, 0.05) is 24.9 Å². The van der Waals surface area contributed by atoms with Crippen molar-refractivity contribution in [2.75, 3.05) is 36.1 Å². The number of ether oxygens (including phenoxy) is 1. The summed E-state index contributed by atoms with van der Waals surface area (Å²) in [6, 6.07) is 6.95. The van der Waals surface area contributed by atoms with Crippen LogP contribution in [-0.4, -0.2) is 41.0 Å². The fourth-order valence-corrected chi connectivity index (χ4v) is 2.43. The van der Waals surface area contributed by atoms with E-state index in [2.05, 4.69) is 20.6 Å². The van der Waals surface area contributed by atoms with Crippen LogP contribution in [-0.2, 0) is 10.3 Å². The summed E-state index contributed by atoms with van der Waals surface area (Å²) in [6.45, 7) is 7.03. The predicted octanol–water partition coefficient (Wildman–Crippen LogP) is 2.48. The quantitative estimate of drug-likeness (QED) is 0.344. The topological polar surface area (TPSA) is 129 Å². The average Bonchev–Trinajstić information content (AvgIpc) is 2.57. The molecule has 0 saturated heterocycles. The number of nitrogens with zero attached hydrogens (tertiary/aromatic N) is 2. The van der Waals surface area contributed by atoms with Crippen LogP contribution in [0.3, 0.4) is 0 Å². The van der Waals surface area contributed by atoms with E-state index in [0.29, 0.717) is 54.2 Å². The van der Waals surface area contributed by atoms with Crippen molar-refractivity contribution in [3.05, 3.63) is 35.4 Å². The smallest absolute Gasteiger partial charge is 0.143 e. The SMILES string of the molecule is CCOCCNc1cc(C(C)(C)O)c(C=N)c(Nc2cccc(N)n2)n1. The molecule has 2 aromatic rings. The Kier molecular flexibility index (Phi) is 6.48. The van der Waals surface area contributed by atoms with Gasteiger partial charge in [-0.25, -0.2) is 9.97 Å². The normalized spacial score (nSPS) is 11.2. The highest BCUT2D eigenvalue weighted by Crippen LogP contribution is 2.30. The van der Waals surface area contributed by atoms with Gasteiger partial charge in [0.1, 0.15) is 23.3 Å². The van der Waals surface area contributed by atoms with Gasteiger partial charge in [-0.2, -0.15) is 0 Å². The van der Waals surface area contributed by atoms with Gasteiger partial charge < -0.3 is 31.6 Å². The summed E-state index contributed by atoms with van der Waals surface area (Å²) in [5.41, 5.74) is 5.64. The number of hydrogen-bond donors (Lipinski definition) is 5. The number of nitrogens with two attached hydrogens (primary N) is 1. The van der Waals surface area contributed by atoms with E-state index in [-0.39, 0.29) is 0 Å². The molecule has 0 unspecified atom stereocenters. The highest BCUT2D eigenvalue weighted by molar-refractivity contribution is 5.89. The fraction of sp³-hybridized carbons (Fsp3) is 0.389. The minimum Gasteiger partial charge on any atom is -0.386 e. The maximum Gasteiger partial charge on any atom is 0.143 e. The molecule has 0 amide bonds. The van der Waals surface area contributed by atoms with Crippen LogP contribution in [0.15, 0.2) is 24.3 Å². The molecule has 0 fully saturated rings. The van der Waals surface area contributed by atoms with Crippen molar-refractivity contribution in [1.29, 1.82) is 5.41 Å². The Hall–Kier alpha value is -2.71. The summed E-state index contributed by atoms with van der Waals surface area (Å²) in [5.74, 6) is 1.87. The highest BCUT2D eigenvalue weighted by Gasteiger charge is 2.23. The number of aliphatic hydroxyl groups is 1. The second-order valence-corrected chi connectivity index (χ2v) is 6.22. The Bertz CT molecular complexity index is 758. The van der Waals surface area contributed by atoms with Crippen molar-refractivity contribution in [1.82, 2.24) is 9.97 Å². The van der Waals surface area contributed by atoms with Gasteiger partial charge in [-0.1, -0.05) is 6.07 Å². The van der Waals surface area contributed by atoms with Gasteiger partial charge in [0.25, 0.3) is 0 Å². The molecule has 0 aliphatic rings. The lowest BCUT2D eigenvalue weighted by Crippen LogP contribution is -2.21. The lowest BCUT2D eigenvalue weighted by Gasteiger charge is -2.23. The van der Waals surface area contributed by atoms with Crippen molar-refractivity contribution in [2.45, 2.75) is 26.4 Å². The molecular formula is C18H26N6O2. The lowest BCUT2D eigenvalue weighted by molar-refractivity contribution is 0.0785. The first-order valence-corrected chi connectivity index (χ1v) is 8.44. The number of rotatable bonds is 9. The van der Waals surface area contributed by atoms with Gasteiger partial charge in [-0.3, -0.25) is 0 Å². The van der Waals surface area contributed by atoms with E-state index in [1.54, 1.807) is 38.1 Å². The number of anilines is 4. The summed E-state index contributed by atoms with van der Waals surface area (Å²) < 4.78 is 5.32. The molecule has 6 N–H and O–H groups in total. The first kappa shape index (κ1) is 19.6. The van der Waals surface area contributed by atoms with Crippen molar-refractivity contribution >= 4 is 29.5 Å². The molecule has 8 nitrogen and oxygen atoms in total. The van der Waals surface area contributed by atoms with E-state index in [1.807, 2.05) is 6.92 Å². The molecule has 140 valence electrons. The van der Waals surface area contributed by atoms with Gasteiger partial charge in [-0.05, 0) is 44.5 Å². The van der Waals surface area contributed by atoms with Gasteiger partial charge >= 0.3 is 0 Å². The first-order chi connectivity index (χ1) is 12.3. The van der Waals surface area contributed by atoms with Crippen LogP contribution in [0, 0.1) is 5.41 Å². The Balaban J connectivity index is 2.40. The molecule has 0 aliphatic carbocycles. The van der Waals surface area contributed by atoms with E-state index < -0.39 is 5.60 Å². The van der Waals surface area contributed by atoms with Crippen molar-refractivity contribution in [3.8, 4) is 0 Å². The molecule has 0 aromatic carbocycles. The minimum atomic E-state index is -1.15. The number of nitrogens with one attached hydrogen (secondary N) is 3. The Labute approximate surface area is 153 Å². The standard InChI is InChI=1S/C18H26N6O2/c1-4-26-9-8-21-16-10-13(18(2,3)25)12(11-19)17(24-16)23-15-7-5-6-14(20)22-15/h5-7,10-11,19,25H,4,8-9H2,1-3H3,(H4,20,21,22,23,24). The summed E-state index contributed by atoms with van der Waals surface area (Å²) in [4.78, 5) is 8.72. The second kappa shape index (κ2) is 8.59. The molecular weight excluding hydrogens is 332 g/mol. The molecule has 2 rings (SSSR count). The first-order valence-electron chi connectivity index (χ1n) is 8.44.